The van der Waals surface area contributed by atoms with Gasteiger partial charge in [-0.15, -0.1) is 0 Å². The summed E-state index contributed by atoms with van der Waals surface area (Å²) in [6.45, 7) is 11.9. The van der Waals surface area contributed by atoms with E-state index in [1.165, 1.54) is 39.0 Å². The lowest BCUT2D eigenvalue weighted by Crippen LogP contribution is -2.61. The summed E-state index contributed by atoms with van der Waals surface area (Å²) >= 11 is 0. The van der Waals surface area contributed by atoms with Gasteiger partial charge in [0.15, 0.2) is 0 Å². The lowest BCUT2D eigenvalue weighted by atomic mass is 9.87. The zero-order valence-electron chi connectivity index (χ0n) is 12.7. The van der Waals surface area contributed by atoms with E-state index in [1.54, 1.807) is 0 Å². The van der Waals surface area contributed by atoms with E-state index in [4.69, 9.17) is 10.5 Å². The molecule has 0 saturated carbocycles. The van der Waals surface area contributed by atoms with Crippen LogP contribution in [-0.2, 0) is 4.74 Å². The van der Waals surface area contributed by atoms with E-state index in [0.29, 0.717) is 6.04 Å². The molecule has 2 aliphatic rings. The Morgan fingerprint density at radius 3 is 2.53 bits per heavy atom. The lowest BCUT2D eigenvalue weighted by Gasteiger charge is -2.48. The third kappa shape index (κ3) is 3.48. The van der Waals surface area contributed by atoms with E-state index in [2.05, 4.69) is 23.6 Å². The van der Waals surface area contributed by atoms with Gasteiger partial charge in [-0.05, 0) is 32.6 Å². The molecule has 2 aliphatic heterocycles. The fraction of sp³-hybridized carbons (Fsp3) is 1.00. The maximum Gasteiger partial charge on any atom is 0.0484 e. The summed E-state index contributed by atoms with van der Waals surface area (Å²) in [6, 6.07) is 0.716. The molecule has 2 N–H and O–H groups in total. The summed E-state index contributed by atoms with van der Waals surface area (Å²) in [7, 11) is 0. The molecular weight excluding hydrogens is 238 g/mol. The van der Waals surface area contributed by atoms with E-state index >= 15 is 0 Å². The van der Waals surface area contributed by atoms with Gasteiger partial charge in [-0.25, -0.2) is 0 Å². The van der Waals surface area contributed by atoms with Gasteiger partial charge in [-0.2, -0.15) is 0 Å². The van der Waals surface area contributed by atoms with Crippen molar-refractivity contribution in [2.75, 3.05) is 45.9 Å². The SMILES string of the molecule is CCC(C)N1CCN(C2(CN)CCCOCC2)CC1. The molecule has 2 heterocycles. The first kappa shape index (κ1) is 15.2. The Bertz CT molecular complexity index is 256. The third-order valence-electron chi connectivity index (χ3n) is 5.22. The maximum absolute atomic E-state index is 6.15. The number of nitrogens with zero attached hydrogens (tertiary/aromatic N) is 2. The molecule has 0 bridgehead atoms. The van der Waals surface area contributed by atoms with Crippen LogP contribution in [0.1, 0.15) is 39.5 Å². The predicted molar refractivity (Wildman–Crippen MR) is 79.4 cm³/mol. The molecular formula is C15H31N3O. The summed E-state index contributed by atoms with van der Waals surface area (Å²) in [5, 5.41) is 0. The number of hydrogen-bond donors (Lipinski definition) is 1. The highest BCUT2D eigenvalue weighted by Crippen LogP contribution is 2.28. The monoisotopic (exact) mass is 269 g/mol. The van der Waals surface area contributed by atoms with Crippen LogP contribution in [0.3, 0.4) is 0 Å². The normalized spacial score (nSPS) is 33.0. The largest absolute Gasteiger partial charge is 0.381 e. The van der Waals surface area contributed by atoms with E-state index in [1.807, 2.05) is 0 Å². The zero-order chi connectivity index (χ0) is 13.7. The van der Waals surface area contributed by atoms with Crippen LogP contribution in [0.5, 0.6) is 0 Å². The van der Waals surface area contributed by atoms with Gasteiger partial charge in [0.25, 0.3) is 0 Å². The lowest BCUT2D eigenvalue weighted by molar-refractivity contribution is 0.0111. The van der Waals surface area contributed by atoms with Gasteiger partial charge >= 0.3 is 0 Å². The second-order valence-electron chi connectivity index (χ2n) is 6.17. The molecule has 2 rings (SSSR count). The third-order valence-corrected chi connectivity index (χ3v) is 5.22. The Labute approximate surface area is 118 Å². The zero-order valence-corrected chi connectivity index (χ0v) is 12.7. The molecule has 0 spiro atoms. The van der Waals surface area contributed by atoms with Gasteiger partial charge < -0.3 is 10.5 Å². The summed E-state index contributed by atoms with van der Waals surface area (Å²) in [5.41, 5.74) is 6.35. The van der Waals surface area contributed by atoms with Gasteiger partial charge in [0.1, 0.15) is 0 Å². The van der Waals surface area contributed by atoms with Crippen molar-refractivity contribution in [3.8, 4) is 0 Å². The van der Waals surface area contributed by atoms with Crippen molar-refractivity contribution in [1.82, 2.24) is 9.80 Å². The highest BCUT2D eigenvalue weighted by Gasteiger charge is 2.37. The summed E-state index contributed by atoms with van der Waals surface area (Å²) in [4.78, 5) is 5.27. The van der Waals surface area contributed by atoms with Crippen molar-refractivity contribution in [3.05, 3.63) is 0 Å². The highest BCUT2D eigenvalue weighted by atomic mass is 16.5. The standard InChI is InChI=1S/C15H31N3O/c1-3-14(2)17-7-9-18(10-8-17)15(13-16)5-4-11-19-12-6-15/h14H,3-13,16H2,1-2H3. The molecule has 2 saturated heterocycles. The van der Waals surface area contributed by atoms with Crippen LogP contribution in [-0.4, -0.2) is 67.3 Å². The van der Waals surface area contributed by atoms with Crippen LogP contribution in [0.2, 0.25) is 0 Å². The van der Waals surface area contributed by atoms with Gasteiger partial charge in [0, 0.05) is 57.5 Å². The van der Waals surface area contributed by atoms with Crippen molar-refractivity contribution in [2.24, 2.45) is 5.73 Å². The van der Waals surface area contributed by atoms with E-state index in [9.17, 15) is 0 Å². The fourth-order valence-corrected chi connectivity index (χ4v) is 3.54. The van der Waals surface area contributed by atoms with Crippen LogP contribution < -0.4 is 5.73 Å². The van der Waals surface area contributed by atoms with Crippen molar-refractivity contribution < 1.29 is 4.74 Å². The Hall–Kier alpha value is -0.160. The first-order valence-electron chi connectivity index (χ1n) is 7.99. The molecule has 2 fully saturated rings. The average molecular weight is 269 g/mol. The highest BCUT2D eigenvalue weighted by molar-refractivity contribution is 4.95. The number of rotatable bonds is 4. The number of piperazine rings is 1. The molecule has 4 nitrogen and oxygen atoms in total. The fourth-order valence-electron chi connectivity index (χ4n) is 3.54. The van der Waals surface area contributed by atoms with E-state index < -0.39 is 0 Å². The molecule has 0 amide bonds. The molecule has 4 heteroatoms. The second kappa shape index (κ2) is 7.02. The average Bonchev–Trinajstić information content (AvgIpc) is 2.73. The van der Waals surface area contributed by atoms with Crippen LogP contribution in [0.4, 0.5) is 0 Å². The molecule has 0 aromatic heterocycles. The van der Waals surface area contributed by atoms with Crippen molar-refractivity contribution in [3.63, 3.8) is 0 Å². The Kier molecular flexibility index (Phi) is 5.63. The van der Waals surface area contributed by atoms with Gasteiger partial charge in [0.2, 0.25) is 0 Å². The molecule has 19 heavy (non-hydrogen) atoms. The van der Waals surface area contributed by atoms with E-state index in [0.717, 1.165) is 32.6 Å². The van der Waals surface area contributed by atoms with Gasteiger partial charge in [-0.1, -0.05) is 6.92 Å². The summed E-state index contributed by atoms with van der Waals surface area (Å²) in [6.07, 6.45) is 4.71. The molecule has 0 radical (unpaired) electrons. The Balaban J connectivity index is 1.94. The molecule has 112 valence electrons. The maximum atomic E-state index is 6.15. The number of ether oxygens (including phenoxy) is 1. The Morgan fingerprint density at radius 2 is 1.89 bits per heavy atom. The minimum Gasteiger partial charge on any atom is -0.381 e. The first-order valence-corrected chi connectivity index (χ1v) is 7.99. The van der Waals surface area contributed by atoms with Crippen molar-refractivity contribution >= 4 is 0 Å². The quantitative estimate of drug-likeness (QED) is 0.835. The Morgan fingerprint density at radius 1 is 1.16 bits per heavy atom. The summed E-state index contributed by atoms with van der Waals surface area (Å²) < 4.78 is 5.63. The van der Waals surface area contributed by atoms with Gasteiger partial charge in [-0.3, -0.25) is 9.80 Å². The molecule has 2 atom stereocenters. The van der Waals surface area contributed by atoms with Crippen LogP contribution >= 0.6 is 0 Å². The predicted octanol–water partition coefficient (Wildman–Crippen LogP) is 1.30. The molecule has 0 aromatic rings. The van der Waals surface area contributed by atoms with Crippen LogP contribution in [0.15, 0.2) is 0 Å². The topological polar surface area (TPSA) is 41.7 Å². The van der Waals surface area contributed by atoms with Crippen LogP contribution in [0, 0.1) is 0 Å². The molecule has 2 unspecified atom stereocenters. The minimum absolute atomic E-state index is 0.206. The van der Waals surface area contributed by atoms with Crippen molar-refractivity contribution in [2.45, 2.75) is 51.1 Å². The smallest absolute Gasteiger partial charge is 0.0484 e. The minimum atomic E-state index is 0.206. The second-order valence-corrected chi connectivity index (χ2v) is 6.17. The molecule has 0 aromatic carbocycles. The van der Waals surface area contributed by atoms with Gasteiger partial charge in [0.05, 0.1) is 0 Å². The van der Waals surface area contributed by atoms with Crippen molar-refractivity contribution in [1.29, 1.82) is 0 Å². The number of nitrogens with two attached hydrogens (primary N) is 1. The molecule has 0 aliphatic carbocycles. The summed E-state index contributed by atoms with van der Waals surface area (Å²) in [5.74, 6) is 0. The first-order chi connectivity index (χ1) is 9.22. The van der Waals surface area contributed by atoms with Crippen LogP contribution in [0.25, 0.3) is 0 Å². The van der Waals surface area contributed by atoms with E-state index in [-0.39, 0.29) is 5.54 Å². The number of hydrogen-bond acceptors (Lipinski definition) is 4.